The minimum atomic E-state index is 0.565. The van der Waals surface area contributed by atoms with Crippen LogP contribution < -0.4 is 5.32 Å². The molecule has 2 rings (SSSR count). The van der Waals surface area contributed by atoms with Gasteiger partial charge in [-0.1, -0.05) is 0 Å². The van der Waals surface area contributed by atoms with E-state index in [1.54, 1.807) is 0 Å². The summed E-state index contributed by atoms with van der Waals surface area (Å²) in [6.07, 6.45) is 3.02. The molecule has 2 aliphatic rings. The zero-order valence-corrected chi connectivity index (χ0v) is 4.89. The second-order valence-electron chi connectivity index (χ2n) is 2.55. The molecule has 0 aromatic rings. The molecule has 1 unspecified atom stereocenters. The molecule has 0 aromatic heterocycles. The van der Waals surface area contributed by atoms with Crippen LogP contribution in [0, 0.1) is 0 Å². The molecule has 2 aliphatic heterocycles. The van der Waals surface area contributed by atoms with Crippen LogP contribution in [-0.2, 0) is 4.74 Å². The maximum absolute atomic E-state index is 5.41. The summed E-state index contributed by atoms with van der Waals surface area (Å²) in [6, 6.07) is 0.704. The Morgan fingerprint density at radius 3 is 3.25 bits per heavy atom. The van der Waals surface area contributed by atoms with Crippen LogP contribution in [0.2, 0.25) is 0 Å². The van der Waals surface area contributed by atoms with Crippen LogP contribution >= 0.6 is 0 Å². The smallest absolute Gasteiger partial charge is 0.0740 e. The van der Waals surface area contributed by atoms with Crippen molar-refractivity contribution in [2.75, 3.05) is 13.2 Å². The lowest BCUT2D eigenvalue weighted by atomic mass is 10.2. The first-order valence-corrected chi connectivity index (χ1v) is 3.32. The predicted octanol–water partition coefficient (Wildman–Crippen LogP) is 0.137. The summed E-state index contributed by atoms with van der Waals surface area (Å²) < 4.78 is 5.41. The first-order valence-electron chi connectivity index (χ1n) is 3.32. The highest BCUT2D eigenvalue weighted by molar-refractivity contribution is 4.88. The van der Waals surface area contributed by atoms with Crippen molar-refractivity contribution >= 4 is 0 Å². The summed E-state index contributed by atoms with van der Waals surface area (Å²) in [5, 5.41) is 3.39. The number of nitrogens with one attached hydrogen (secondary N) is 1. The Morgan fingerprint density at radius 2 is 2.38 bits per heavy atom. The fourth-order valence-corrected chi connectivity index (χ4v) is 1.58. The number of rotatable bonds is 0. The molecular weight excluding hydrogens is 102 g/mol. The molecule has 0 bridgehead atoms. The van der Waals surface area contributed by atoms with Gasteiger partial charge in [0.25, 0.3) is 0 Å². The topological polar surface area (TPSA) is 21.3 Å². The molecule has 2 heterocycles. The molecule has 2 fully saturated rings. The van der Waals surface area contributed by atoms with Crippen LogP contribution in [0.5, 0.6) is 0 Å². The Morgan fingerprint density at radius 1 is 1.38 bits per heavy atom. The minimum absolute atomic E-state index is 0.565. The molecule has 0 radical (unpaired) electrons. The van der Waals surface area contributed by atoms with Crippen molar-refractivity contribution in [3.63, 3.8) is 0 Å². The Balaban J connectivity index is 2.04. The van der Waals surface area contributed by atoms with Crippen LogP contribution in [0.15, 0.2) is 0 Å². The average Bonchev–Trinajstić information content (AvgIpc) is 2.15. The Bertz CT molecular complexity index is 74.5. The molecule has 0 aliphatic carbocycles. The fraction of sp³-hybridized carbons (Fsp3) is 1.00. The molecule has 2 atom stereocenters. The maximum atomic E-state index is 5.41. The van der Waals surface area contributed by atoms with E-state index in [-0.39, 0.29) is 0 Å². The molecule has 0 spiro atoms. The quantitative estimate of drug-likeness (QED) is 0.482. The molecule has 1 N–H and O–H groups in total. The Labute approximate surface area is 49.2 Å². The molecule has 8 heavy (non-hydrogen) atoms. The summed E-state index contributed by atoms with van der Waals surface area (Å²) in [5.41, 5.74) is 0. The van der Waals surface area contributed by atoms with E-state index in [9.17, 15) is 0 Å². The van der Waals surface area contributed by atoms with Gasteiger partial charge in [0.15, 0.2) is 0 Å². The monoisotopic (exact) mass is 113 g/mol. The zero-order chi connectivity index (χ0) is 5.40. The van der Waals surface area contributed by atoms with E-state index >= 15 is 0 Å². The highest BCUT2D eigenvalue weighted by atomic mass is 16.5. The Hall–Kier alpha value is -0.0800. The molecule has 46 valence electrons. The molecule has 0 amide bonds. The van der Waals surface area contributed by atoms with Crippen LogP contribution in [0.25, 0.3) is 0 Å². The summed E-state index contributed by atoms with van der Waals surface area (Å²) in [6.45, 7) is 2.14. The lowest BCUT2D eigenvalue weighted by molar-refractivity contribution is 0.112. The summed E-state index contributed by atoms with van der Waals surface area (Å²) in [7, 11) is 0. The van der Waals surface area contributed by atoms with Gasteiger partial charge in [0.1, 0.15) is 0 Å². The normalized spacial score (nSPS) is 45.0. The van der Waals surface area contributed by atoms with Gasteiger partial charge in [-0.25, -0.2) is 0 Å². The largest absolute Gasteiger partial charge is 0.376 e. The van der Waals surface area contributed by atoms with E-state index in [4.69, 9.17) is 4.74 Å². The molecular formula is C6H11NO. The summed E-state index contributed by atoms with van der Waals surface area (Å²) in [4.78, 5) is 0. The second-order valence-corrected chi connectivity index (χ2v) is 2.55. The lowest BCUT2D eigenvalue weighted by Crippen LogP contribution is -2.24. The number of ether oxygens (including phenoxy) is 1. The van der Waals surface area contributed by atoms with E-state index in [1.165, 1.54) is 12.8 Å². The lowest BCUT2D eigenvalue weighted by Gasteiger charge is -2.04. The molecule has 0 saturated carbocycles. The third-order valence-electron chi connectivity index (χ3n) is 2.04. The minimum Gasteiger partial charge on any atom is -0.376 e. The van der Waals surface area contributed by atoms with Gasteiger partial charge in [0, 0.05) is 12.6 Å². The van der Waals surface area contributed by atoms with Crippen molar-refractivity contribution in [2.24, 2.45) is 0 Å². The molecule has 0 aromatic carbocycles. The first kappa shape index (κ1) is 4.77. The van der Waals surface area contributed by atoms with E-state index in [1.807, 2.05) is 0 Å². The second kappa shape index (κ2) is 1.71. The number of hydrogen-bond donors (Lipinski definition) is 1. The van der Waals surface area contributed by atoms with Crippen LogP contribution in [0.4, 0.5) is 0 Å². The number of fused-ring (bicyclic) bond motifs is 1. The summed E-state index contributed by atoms with van der Waals surface area (Å²) in [5.74, 6) is 0. The SMILES string of the molecule is C1CC2OCC[C@H]2N1. The highest BCUT2D eigenvalue weighted by Crippen LogP contribution is 2.20. The van der Waals surface area contributed by atoms with E-state index in [0.29, 0.717) is 12.1 Å². The van der Waals surface area contributed by atoms with E-state index in [2.05, 4.69) is 5.32 Å². The zero-order valence-electron chi connectivity index (χ0n) is 4.89. The third-order valence-corrected chi connectivity index (χ3v) is 2.04. The van der Waals surface area contributed by atoms with Crippen LogP contribution in [0.1, 0.15) is 12.8 Å². The van der Waals surface area contributed by atoms with Crippen molar-refractivity contribution in [1.29, 1.82) is 0 Å². The van der Waals surface area contributed by atoms with Gasteiger partial charge in [-0.15, -0.1) is 0 Å². The van der Waals surface area contributed by atoms with Gasteiger partial charge in [-0.05, 0) is 19.4 Å². The molecule has 2 heteroatoms. The van der Waals surface area contributed by atoms with Crippen LogP contribution in [-0.4, -0.2) is 25.3 Å². The maximum Gasteiger partial charge on any atom is 0.0740 e. The van der Waals surface area contributed by atoms with Crippen LogP contribution in [0.3, 0.4) is 0 Å². The van der Waals surface area contributed by atoms with Crippen molar-refractivity contribution < 1.29 is 4.74 Å². The fourth-order valence-electron chi connectivity index (χ4n) is 1.58. The van der Waals surface area contributed by atoms with Crippen molar-refractivity contribution in [2.45, 2.75) is 25.0 Å². The van der Waals surface area contributed by atoms with Gasteiger partial charge < -0.3 is 10.1 Å². The standard InChI is InChI=1S/C6H11NO/c1-3-7-5-2-4-8-6(1)5/h5-7H,1-4H2/t5-,6?/m1/s1. The van der Waals surface area contributed by atoms with Gasteiger partial charge in [0.05, 0.1) is 6.10 Å². The van der Waals surface area contributed by atoms with Crippen molar-refractivity contribution in [3.05, 3.63) is 0 Å². The first-order chi connectivity index (χ1) is 3.97. The highest BCUT2D eigenvalue weighted by Gasteiger charge is 2.31. The number of hydrogen-bond acceptors (Lipinski definition) is 2. The van der Waals surface area contributed by atoms with E-state index in [0.717, 1.165) is 13.2 Å². The van der Waals surface area contributed by atoms with Gasteiger partial charge in [0.2, 0.25) is 0 Å². The van der Waals surface area contributed by atoms with Crippen molar-refractivity contribution in [1.82, 2.24) is 5.32 Å². The van der Waals surface area contributed by atoms with E-state index < -0.39 is 0 Å². The summed E-state index contributed by atoms with van der Waals surface area (Å²) >= 11 is 0. The van der Waals surface area contributed by atoms with Gasteiger partial charge in [-0.2, -0.15) is 0 Å². The van der Waals surface area contributed by atoms with Gasteiger partial charge in [-0.3, -0.25) is 0 Å². The van der Waals surface area contributed by atoms with Gasteiger partial charge >= 0.3 is 0 Å². The van der Waals surface area contributed by atoms with Crippen molar-refractivity contribution in [3.8, 4) is 0 Å². The third kappa shape index (κ3) is 0.565. The molecule has 2 nitrogen and oxygen atoms in total. The molecule has 2 saturated heterocycles. The Kier molecular flexibility index (Phi) is 1.02. The predicted molar refractivity (Wildman–Crippen MR) is 30.8 cm³/mol. The average molecular weight is 113 g/mol.